The summed E-state index contributed by atoms with van der Waals surface area (Å²) in [7, 11) is 0. The maximum absolute atomic E-state index is 12.8. The van der Waals surface area contributed by atoms with Crippen LogP contribution in [0, 0.1) is 15.9 Å². The van der Waals surface area contributed by atoms with Crippen molar-refractivity contribution in [2.24, 2.45) is 0 Å². The fourth-order valence-corrected chi connectivity index (χ4v) is 1.73. The molecule has 1 atom stereocenters. The summed E-state index contributed by atoms with van der Waals surface area (Å²) in [4.78, 5) is 22.3. The standard InChI is InChI=1S/C15H13FN2O4/c1-10(15(19)17-12-8-6-11(16)7-9-12)22-14-5-3-2-4-13(14)18(20)21/h2-10H,1H3,(H,17,19)/t10-/m1/s1. The number of benzene rings is 2. The van der Waals surface area contributed by atoms with E-state index in [1.54, 1.807) is 6.07 Å². The van der Waals surface area contributed by atoms with Gasteiger partial charge in [0.2, 0.25) is 0 Å². The van der Waals surface area contributed by atoms with Gasteiger partial charge in [0, 0.05) is 11.8 Å². The van der Waals surface area contributed by atoms with Crippen molar-refractivity contribution in [2.75, 3.05) is 5.32 Å². The number of anilines is 1. The van der Waals surface area contributed by atoms with Gasteiger partial charge in [-0.15, -0.1) is 0 Å². The predicted molar refractivity (Wildman–Crippen MR) is 78.2 cm³/mol. The molecule has 0 fully saturated rings. The monoisotopic (exact) mass is 304 g/mol. The molecule has 0 radical (unpaired) electrons. The summed E-state index contributed by atoms with van der Waals surface area (Å²) < 4.78 is 18.1. The third-order valence-electron chi connectivity index (χ3n) is 2.85. The van der Waals surface area contributed by atoms with Crippen LogP contribution in [0.25, 0.3) is 0 Å². The number of carbonyl (C=O) groups excluding carboxylic acids is 1. The van der Waals surface area contributed by atoms with Gasteiger partial charge in [-0.05, 0) is 37.3 Å². The van der Waals surface area contributed by atoms with E-state index in [1.807, 2.05) is 0 Å². The molecule has 22 heavy (non-hydrogen) atoms. The lowest BCUT2D eigenvalue weighted by atomic mass is 10.2. The van der Waals surface area contributed by atoms with Gasteiger partial charge in [0.25, 0.3) is 5.91 Å². The van der Waals surface area contributed by atoms with Gasteiger partial charge in [0.05, 0.1) is 4.92 Å². The molecule has 0 heterocycles. The van der Waals surface area contributed by atoms with Crippen molar-refractivity contribution in [1.82, 2.24) is 0 Å². The highest BCUT2D eigenvalue weighted by molar-refractivity contribution is 5.94. The summed E-state index contributed by atoms with van der Waals surface area (Å²) in [6.45, 7) is 1.47. The van der Waals surface area contributed by atoms with E-state index < -0.39 is 22.8 Å². The molecular weight excluding hydrogens is 291 g/mol. The molecule has 0 aliphatic rings. The summed E-state index contributed by atoms with van der Waals surface area (Å²) in [5, 5.41) is 13.4. The number of nitrogens with one attached hydrogen (secondary N) is 1. The highest BCUT2D eigenvalue weighted by Gasteiger charge is 2.20. The summed E-state index contributed by atoms with van der Waals surface area (Å²) >= 11 is 0. The number of para-hydroxylation sites is 2. The third-order valence-corrected chi connectivity index (χ3v) is 2.85. The Morgan fingerprint density at radius 2 is 1.86 bits per heavy atom. The summed E-state index contributed by atoms with van der Waals surface area (Å²) in [6.07, 6.45) is -0.953. The van der Waals surface area contributed by atoms with Gasteiger partial charge in [0.15, 0.2) is 11.9 Å². The van der Waals surface area contributed by atoms with Crippen molar-refractivity contribution in [1.29, 1.82) is 0 Å². The Bertz CT molecular complexity index is 688. The average molecular weight is 304 g/mol. The van der Waals surface area contributed by atoms with E-state index in [0.29, 0.717) is 5.69 Å². The van der Waals surface area contributed by atoms with Crippen molar-refractivity contribution in [3.05, 3.63) is 64.5 Å². The van der Waals surface area contributed by atoms with Crippen molar-refractivity contribution in [2.45, 2.75) is 13.0 Å². The Labute approximate surface area is 125 Å². The minimum absolute atomic E-state index is 0.00857. The molecule has 0 bridgehead atoms. The highest BCUT2D eigenvalue weighted by Crippen LogP contribution is 2.27. The van der Waals surface area contributed by atoms with Gasteiger partial charge in [-0.2, -0.15) is 0 Å². The maximum atomic E-state index is 12.8. The molecule has 2 rings (SSSR count). The number of nitro groups is 1. The van der Waals surface area contributed by atoms with Gasteiger partial charge in [0.1, 0.15) is 5.82 Å². The first kappa shape index (κ1) is 15.4. The molecule has 0 saturated heterocycles. The van der Waals surface area contributed by atoms with Crippen LogP contribution in [0.5, 0.6) is 5.75 Å². The van der Waals surface area contributed by atoms with Gasteiger partial charge in [-0.25, -0.2) is 4.39 Å². The quantitative estimate of drug-likeness (QED) is 0.679. The Morgan fingerprint density at radius 1 is 1.23 bits per heavy atom. The molecule has 6 nitrogen and oxygen atoms in total. The summed E-state index contributed by atoms with van der Waals surface area (Å²) in [6, 6.07) is 11.0. The predicted octanol–water partition coefficient (Wildman–Crippen LogP) is 3.14. The number of nitrogens with zero attached hydrogens (tertiary/aromatic N) is 1. The minimum Gasteiger partial charge on any atom is -0.474 e. The Hall–Kier alpha value is -2.96. The summed E-state index contributed by atoms with van der Waals surface area (Å²) in [5.74, 6) is -0.902. The molecule has 0 saturated carbocycles. The second-order valence-corrected chi connectivity index (χ2v) is 4.48. The molecule has 0 aliphatic carbocycles. The van der Waals surface area contributed by atoms with Crippen molar-refractivity contribution in [3.63, 3.8) is 0 Å². The first-order chi connectivity index (χ1) is 10.5. The molecule has 1 N–H and O–H groups in total. The van der Waals surface area contributed by atoms with Gasteiger partial charge < -0.3 is 10.1 Å². The van der Waals surface area contributed by atoms with E-state index >= 15 is 0 Å². The number of amides is 1. The molecule has 7 heteroatoms. The minimum atomic E-state index is -0.953. The zero-order chi connectivity index (χ0) is 16.1. The normalized spacial score (nSPS) is 11.5. The fraction of sp³-hybridized carbons (Fsp3) is 0.133. The highest BCUT2D eigenvalue weighted by atomic mass is 19.1. The van der Waals surface area contributed by atoms with E-state index in [1.165, 1.54) is 49.4 Å². The second-order valence-electron chi connectivity index (χ2n) is 4.48. The van der Waals surface area contributed by atoms with Crippen molar-refractivity contribution >= 4 is 17.3 Å². The van der Waals surface area contributed by atoms with E-state index in [9.17, 15) is 19.3 Å². The Kier molecular flexibility index (Phi) is 4.67. The molecule has 114 valence electrons. The SMILES string of the molecule is C[C@@H](Oc1ccccc1[N+](=O)[O-])C(=O)Nc1ccc(F)cc1. The van der Waals surface area contributed by atoms with Crippen molar-refractivity contribution < 1.29 is 18.8 Å². The fourth-order valence-electron chi connectivity index (χ4n) is 1.73. The Morgan fingerprint density at radius 3 is 2.50 bits per heavy atom. The third kappa shape index (κ3) is 3.78. The van der Waals surface area contributed by atoms with Gasteiger partial charge >= 0.3 is 5.69 Å². The topological polar surface area (TPSA) is 81.5 Å². The zero-order valence-electron chi connectivity index (χ0n) is 11.7. The lowest BCUT2D eigenvalue weighted by Crippen LogP contribution is -2.30. The van der Waals surface area contributed by atoms with E-state index in [4.69, 9.17) is 4.74 Å². The number of halogens is 1. The molecule has 0 aromatic heterocycles. The zero-order valence-corrected chi connectivity index (χ0v) is 11.7. The number of ether oxygens (including phenoxy) is 1. The number of hydrogen-bond donors (Lipinski definition) is 1. The van der Waals surface area contributed by atoms with Gasteiger partial charge in [-0.1, -0.05) is 12.1 Å². The first-order valence-corrected chi connectivity index (χ1v) is 6.44. The largest absolute Gasteiger partial charge is 0.474 e. The lowest BCUT2D eigenvalue weighted by Gasteiger charge is -2.14. The number of carbonyl (C=O) groups is 1. The maximum Gasteiger partial charge on any atom is 0.310 e. The van der Waals surface area contributed by atoms with Crippen LogP contribution >= 0.6 is 0 Å². The van der Waals surface area contributed by atoms with Crippen LogP contribution in [0.3, 0.4) is 0 Å². The molecule has 0 spiro atoms. The van der Waals surface area contributed by atoms with E-state index in [-0.39, 0.29) is 11.4 Å². The van der Waals surface area contributed by atoms with E-state index in [0.717, 1.165) is 0 Å². The van der Waals surface area contributed by atoms with Crippen LogP contribution in [0.1, 0.15) is 6.92 Å². The molecule has 2 aromatic carbocycles. The average Bonchev–Trinajstić information content (AvgIpc) is 2.49. The first-order valence-electron chi connectivity index (χ1n) is 6.44. The number of nitro benzene ring substituents is 1. The van der Waals surface area contributed by atoms with E-state index in [2.05, 4.69) is 5.32 Å². The van der Waals surface area contributed by atoms with Crippen LogP contribution in [0.4, 0.5) is 15.8 Å². The molecule has 2 aromatic rings. The second kappa shape index (κ2) is 6.66. The van der Waals surface area contributed by atoms with Crippen LogP contribution < -0.4 is 10.1 Å². The van der Waals surface area contributed by atoms with Crippen LogP contribution in [0.15, 0.2) is 48.5 Å². The molecule has 1 amide bonds. The number of rotatable bonds is 5. The summed E-state index contributed by atoms with van der Waals surface area (Å²) in [5.41, 5.74) is 0.188. The van der Waals surface area contributed by atoms with Crippen LogP contribution in [0.2, 0.25) is 0 Å². The molecule has 0 aliphatic heterocycles. The van der Waals surface area contributed by atoms with Crippen LogP contribution in [-0.2, 0) is 4.79 Å². The smallest absolute Gasteiger partial charge is 0.310 e. The van der Waals surface area contributed by atoms with Crippen molar-refractivity contribution in [3.8, 4) is 5.75 Å². The Balaban J connectivity index is 2.05. The lowest BCUT2D eigenvalue weighted by molar-refractivity contribution is -0.386. The molecular formula is C15H13FN2O4. The van der Waals surface area contributed by atoms with Gasteiger partial charge in [-0.3, -0.25) is 14.9 Å². The molecule has 0 unspecified atom stereocenters. The van der Waals surface area contributed by atoms with Crippen LogP contribution in [-0.4, -0.2) is 16.9 Å². The number of hydrogen-bond acceptors (Lipinski definition) is 4.